The molecule has 1 aromatic heterocycles. The smallest absolute Gasteiger partial charge is 0.332 e. The molecule has 170 valence electrons. The van der Waals surface area contributed by atoms with Crippen LogP contribution in [0.4, 0.5) is 10.5 Å². The van der Waals surface area contributed by atoms with Gasteiger partial charge in [-0.1, -0.05) is 29.8 Å². The molecule has 0 aliphatic carbocycles. The maximum absolute atomic E-state index is 13.0. The van der Waals surface area contributed by atoms with Gasteiger partial charge in [0.1, 0.15) is 12.6 Å². The van der Waals surface area contributed by atoms with Gasteiger partial charge >= 0.3 is 6.03 Å². The maximum Gasteiger partial charge on any atom is 0.332 e. The van der Waals surface area contributed by atoms with E-state index < -0.39 is 12.1 Å². The topological polar surface area (TPSA) is 73.8 Å². The molecule has 33 heavy (non-hydrogen) atoms. The first kappa shape index (κ1) is 21.6. The molecule has 0 radical (unpaired) electrons. The fourth-order valence-electron chi connectivity index (χ4n) is 4.59. The Morgan fingerprint density at radius 2 is 1.76 bits per heavy atom. The van der Waals surface area contributed by atoms with Crippen molar-refractivity contribution in [3.05, 3.63) is 59.1 Å². The number of aromatic nitrogens is 1. The average Bonchev–Trinajstić information content (AvgIpc) is 3.35. The van der Waals surface area contributed by atoms with E-state index in [0.717, 1.165) is 33.8 Å². The monoisotopic (exact) mass is 462 g/mol. The van der Waals surface area contributed by atoms with Crippen molar-refractivity contribution < 1.29 is 14.4 Å². The summed E-state index contributed by atoms with van der Waals surface area (Å²) >= 11 is 1.72. The number of rotatable bonds is 4. The molecule has 5 rings (SSSR count). The molecular weight excluding hydrogens is 436 g/mol. The van der Waals surface area contributed by atoms with Crippen LogP contribution in [0.3, 0.4) is 0 Å². The molecule has 2 aliphatic rings. The summed E-state index contributed by atoms with van der Waals surface area (Å²) < 4.78 is 1.18. The van der Waals surface area contributed by atoms with Crippen LogP contribution in [0, 0.1) is 6.92 Å². The number of likely N-dealkylation sites (tertiary alicyclic amines) is 1. The van der Waals surface area contributed by atoms with Crippen LogP contribution in [0.5, 0.6) is 0 Å². The highest BCUT2D eigenvalue weighted by molar-refractivity contribution is 7.18. The Hall–Kier alpha value is -3.26. The third-order valence-electron chi connectivity index (χ3n) is 6.56. The van der Waals surface area contributed by atoms with Gasteiger partial charge in [-0.2, -0.15) is 0 Å². The van der Waals surface area contributed by atoms with Crippen molar-refractivity contribution in [1.82, 2.24) is 14.8 Å². The van der Waals surface area contributed by atoms with Gasteiger partial charge in [0.25, 0.3) is 5.91 Å². The number of piperidine rings is 1. The van der Waals surface area contributed by atoms with Crippen molar-refractivity contribution >= 4 is 45.1 Å². The number of imide groups is 1. The van der Waals surface area contributed by atoms with Gasteiger partial charge in [0, 0.05) is 24.7 Å². The molecule has 2 aliphatic heterocycles. The summed E-state index contributed by atoms with van der Waals surface area (Å²) in [6.45, 7) is 4.67. The van der Waals surface area contributed by atoms with Crippen LogP contribution in [0.25, 0.3) is 10.2 Å². The first-order valence-corrected chi connectivity index (χ1v) is 12.1. The number of carbonyl (C=O) groups excluding carboxylic acids is 3. The first-order valence-electron chi connectivity index (χ1n) is 11.3. The van der Waals surface area contributed by atoms with Gasteiger partial charge in [-0.05, 0) is 51.0 Å². The molecule has 3 heterocycles. The molecule has 3 aromatic rings. The fourth-order valence-corrected chi connectivity index (χ4v) is 5.72. The molecule has 0 N–H and O–H groups in total. The predicted molar refractivity (Wildman–Crippen MR) is 128 cm³/mol. The van der Waals surface area contributed by atoms with Crippen LogP contribution in [-0.2, 0) is 9.59 Å². The van der Waals surface area contributed by atoms with Gasteiger partial charge in [0.15, 0.2) is 0 Å². The molecule has 8 heteroatoms. The largest absolute Gasteiger partial charge is 0.341 e. The maximum atomic E-state index is 13.0. The van der Waals surface area contributed by atoms with Crippen LogP contribution in [0.1, 0.15) is 36.3 Å². The predicted octanol–water partition coefficient (Wildman–Crippen LogP) is 4.17. The number of benzene rings is 2. The summed E-state index contributed by atoms with van der Waals surface area (Å²) in [5, 5.41) is 1.12. The Morgan fingerprint density at radius 3 is 2.45 bits per heavy atom. The molecule has 0 unspecified atom stereocenters. The molecule has 2 fully saturated rings. The lowest BCUT2D eigenvalue weighted by Crippen LogP contribution is -2.46. The average molecular weight is 463 g/mol. The number of urea groups is 1. The van der Waals surface area contributed by atoms with Gasteiger partial charge in [0.05, 0.1) is 15.2 Å². The van der Waals surface area contributed by atoms with Crippen LogP contribution < -0.4 is 4.90 Å². The Labute approximate surface area is 196 Å². The highest BCUT2D eigenvalue weighted by Crippen LogP contribution is 2.34. The van der Waals surface area contributed by atoms with Crippen molar-refractivity contribution in [1.29, 1.82) is 0 Å². The lowest BCUT2D eigenvalue weighted by Gasteiger charge is -2.32. The molecule has 7 nitrogen and oxygen atoms in total. The van der Waals surface area contributed by atoms with E-state index in [-0.39, 0.29) is 18.4 Å². The standard InChI is InChI=1S/C25H26N4O3S/c1-16-7-9-19(10-8-16)29-17(2)24(31)28(25(29)32)15-22(30)27-13-11-18(12-14-27)23-26-20-5-3-4-6-21(20)33-23/h3-10,17-18H,11-15H2,1-2H3/t17-/m0/s1. The Morgan fingerprint density at radius 1 is 1.06 bits per heavy atom. The van der Waals surface area contributed by atoms with Crippen molar-refractivity contribution in [2.75, 3.05) is 24.5 Å². The molecule has 2 aromatic carbocycles. The minimum Gasteiger partial charge on any atom is -0.341 e. The van der Waals surface area contributed by atoms with Crippen molar-refractivity contribution in [3.8, 4) is 0 Å². The van der Waals surface area contributed by atoms with E-state index >= 15 is 0 Å². The Balaban J connectivity index is 1.22. The van der Waals surface area contributed by atoms with Crippen LogP contribution in [0.2, 0.25) is 0 Å². The quantitative estimate of drug-likeness (QED) is 0.546. The highest BCUT2D eigenvalue weighted by Gasteiger charge is 2.44. The number of fused-ring (bicyclic) bond motifs is 1. The first-order chi connectivity index (χ1) is 15.9. The molecule has 0 spiro atoms. The second-order valence-corrected chi connectivity index (χ2v) is 9.83. The van der Waals surface area contributed by atoms with E-state index in [9.17, 15) is 14.4 Å². The molecule has 2 saturated heterocycles. The van der Waals surface area contributed by atoms with Crippen molar-refractivity contribution in [2.45, 2.75) is 38.6 Å². The van der Waals surface area contributed by atoms with Gasteiger partial charge in [-0.25, -0.2) is 9.78 Å². The number of aryl methyl sites for hydroxylation is 1. The minimum atomic E-state index is -0.627. The Bertz CT molecular complexity index is 1180. The van der Waals surface area contributed by atoms with E-state index in [0.29, 0.717) is 24.7 Å². The van der Waals surface area contributed by atoms with E-state index in [2.05, 4.69) is 6.07 Å². The minimum absolute atomic E-state index is 0.183. The number of hydrogen-bond donors (Lipinski definition) is 0. The zero-order chi connectivity index (χ0) is 23.1. The van der Waals surface area contributed by atoms with E-state index in [1.807, 2.05) is 49.4 Å². The van der Waals surface area contributed by atoms with Crippen LogP contribution in [0.15, 0.2) is 48.5 Å². The fraction of sp³-hybridized carbons (Fsp3) is 0.360. The second-order valence-electron chi connectivity index (χ2n) is 8.76. The number of para-hydroxylation sites is 1. The number of thiazole rings is 1. The summed E-state index contributed by atoms with van der Waals surface area (Å²) in [6, 6.07) is 14.5. The third-order valence-corrected chi connectivity index (χ3v) is 7.76. The summed E-state index contributed by atoms with van der Waals surface area (Å²) in [4.78, 5) is 47.9. The zero-order valence-corrected chi connectivity index (χ0v) is 19.5. The Kier molecular flexibility index (Phi) is 5.62. The van der Waals surface area contributed by atoms with E-state index in [4.69, 9.17) is 4.98 Å². The number of amides is 4. The van der Waals surface area contributed by atoms with E-state index in [1.165, 1.54) is 9.60 Å². The summed E-state index contributed by atoms with van der Waals surface area (Å²) in [6.07, 6.45) is 1.67. The SMILES string of the molecule is Cc1ccc(N2C(=O)N(CC(=O)N3CCC(c4nc5ccccc5s4)CC3)C(=O)[C@@H]2C)cc1. The summed E-state index contributed by atoms with van der Waals surface area (Å²) in [5.74, 6) is -0.186. The molecule has 1 atom stereocenters. The second kappa shape index (κ2) is 8.59. The normalized spacial score (nSPS) is 19.7. The van der Waals surface area contributed by atoms with Gasteiger partial charge in [0.2, 0.25) is 5.91 Å². The number of carbonyl (C=O) groups is 3. The summed E-state index contributed by atoms with van der Waals surface area (Å²) in [7, 11) is 0. The molecule has 0 bridgehead atoms. The van der Waals surface area contributed by atoms with Crippen LogP contribution in [-0.4, -0.2) is 58.3 Å². The lowest BCUT2D eigenvalue weighted by atomic mass is 9.97. The van der Waals surface area contributed by atoms with E-state index in [1.54, 1.807) is 23.2 Å². The third kappa shape index (κ3) is 3.99. The van der Waals surface area contributed by atoms with Gasteiger partial charge in [-0.15, -0.1) is 11.3 Å². The highest BCUT2D eigenvalue weighted by atomic mass is 32.1. The summed E-state index contributed by atoms with van der Waals surface area (Å²) in [5.41, 5.74) is 2.76. The lowest BCUT2D eigenvalue weighted by molar-refractivity contribution is -0.137. The zero-order valence-electron chi connectivity index (χ0n) is 18.7. The molecule has 4 amide bonds. The number of anilines is 1. The van der Waals surface area contributed by atoms with Crippen molar-refractivity contribution in [2.24, 2.45) is 0 Å². The van der Waals surface area contributed by atoms with Crippen LogP contribution >= 0.6 is 11.3 Å². The molecular formula is C25H26N4O3S. The number of hydrogen-bond acceptors (Lipinski definition) is 5. The molecule has 0 saturated carbocycles. The van der Waals surface area contributed by atoms with Gasteiger partial charge in [-0.3, -0.25) is 19.4 Å². The van der Waals surface area contributed by atoms with Gasteiger partial charge < -0.3 is 4.90 Å². The number of nitrogens with zero attached hydrogens (tertiary/aromatic N) is 4. The van der Waals surface area contributed by atoms with Crippen molar-refractivity contribution in [3.63, 3.8) is 0 Å².